The van der Waals surface area contributed by atoms with Crippen LogP contribution in [0.15, 0.2) is 64.6 Å². The highest BCUT2D eigenvalue weighted by molar-refractivity contribution is 7.99. The summed E-state index contributed by atoms with van der Waals surface area (Å²) in [5, 5.41) is 24.8. The van der Waals surface area contributed by atoms with Crippen LogP contribution in [0.1, 0.15) is 16.1 Å². The van der Waals surface area contributed by atoms with Crippen molar-refractivity contribution in [2.75, 3.05) is 0 Å². The van der Waals surface area contributed by atoms with Crippen LogP contribution in [-0.4, -0.2) is 25.4 Å². The van der Waals surface area contributed by atoms with Crippen LogP contribution in [0.25, 0.3) is 16.6 Å². The van der Waals surface area contributed by atoms with Gasteiger partial charge in [-0.05, 0) is 30.3 Å². The van der Waals surface area contributed by atoms with Gasteiger partial charge in [0, 0.05) is 28.5 Å². The summed E-state index contributed by atoms with van der Waals surface area (Å²) >= 11 is 7.57. The Balaban J connectivity index is 1.95. The van der Waals surface area contributed by atoms with Gasteiger partial charge in [-0.1, -0.05) is 35.5 Å². The van der Waals surface area contributed by atoms with Gasteiger partial charge in [-0.2, -0.15) is 10.4 Å². The second-order valence-corrected chi connectivity index (χ2v) is 7.61. The summed E-state index contributed by atoms with van der Waals surface area (Å²) in [6.07, 6.45) is 3.50. The molecule has 0 amide bonds. The lowest BCUT2D eigenvalue weighted by Crippen LogP contribution is -1.97. The predicted octanol–water partition coefficient (Wildman–Crippen LogP) is 4.74. The van der Waals surface area contributed by atoms with Gasteiger partial charge < -0.3 is 5.11 Å². The first-order chi connectivity index (χ1) is 13.5. The summed E-state index contributed by atoms with van der Waals surface area (Å²) in [5.41, 5.74) is 2.17. The Morgan fingerprint density at radius 2 is 2.11 bits per heavy atom. The Kier molecular flexibility index (Phi) is 4.59. The van der Waals surface area contributed by atoms with Gasteiger partial charge in [0.05, 0.1) is 27.9 Å². The van der Waals surface area contributed by atoms with Crippen LogP contribution in [0.3, 0.4) is 0 Å². The number of nitriles is 1. The van der Waals surface area contributed by atoms with Crippen molar-refractivity contribution in [2.24, 2.45) is 7.05 Å². The first kappa shape index (κ1) is 18.2. The molecule has 0 aliphatic rings. The number of benzene rings is 2. The molecule has 0 fully saturated rings. The highest BCUT2D eigenvalue weighted by Crippen LogP contribution is 2.40. The summed E-state index contributed by atoms with van der Waals surface area (Å²) in [6.45, 7) is 0. The minimum Gasteiger partial charge on any atom is -0.478 e. The van der Waals surface area contributed by atoms with Crippen molar-refractivity contribution in [3.63, 3.8) is 0 Å². The molecule has 0 unspecified atom stereocenters. The quantitative estimate of drug-likeness (QED) is 0.527. The third-order valence-electron chi connectivity index (χ3n) is 4.24. The average molecular weight is 409 g/mol. The first-order valence-electron chi connectivity index (χ1n) is 8.22. The van der Waals surface area contributed by atoms with E-state index < -0.39 is 5.97 Å². The van der Waals surface area contributed by atoms with Crippen LogP contribution in [0.2, 0.25) is 5.02 Å². The van der Waals surface area contributed by atoms with E-state index in [1.54, 1.807) is 36.1 Å². The van der Waals surface area contributed by atoms with Gasteiger partial charge >= 0.3 is 5.97 Å². The molecular weight excluding hydrogens is 396 g/mol. The zero-order valence-electron chi connectivity index (χ0n) is 14.6. The minimum absolute atomic E-state index is 0.197. The fourth-order valence-corrected chi connectivity index (χ4v) is 4.29. The number of aromatic nitrogens is 3. The number of hydrogen-bond donors (Lipinski definition) is 1. The third-order valence-corrected chi connectivity index (χ3v) is 5.58. The molecule has 0 spiro atoms. The van der Waals surface area contributed by atoms with Crippen LogP contribution < -0.4 is 0 Å². The van der Waals surface area contributed by atoms with Crippen LogP contribution in [0.4, 0.5) is 0 Å². The molecule has 0 bridgehead atoms. The number of carboxylic acids is 1. The molecule has 0 radical (unpaired) electrons. The summed E-state index contributed by atoms with van der Waals surface area (Å²) in [6, 6.07) is 14.4. The van der Waals surface area contributed by atoms with Crippen molar-refractivity contribution in [2.45, 2.75) is 9.79 Å². The standard InChI is InChI=1S/C20H13ClN4O2S/c1-24-11-14(10-23-24)25-17-8-13(21)5-6-16(17)19(18(25)9-22)28-15-4-2-3-12(7-15)20(26)27/h2-8,10-11H,1H3,(H,26,27). The number of nitrogens with zero attached hydrogens (tertiary/aromatic N) is 4. The molecule has 28 heavy (non-hydrogen) atoms. The number of rotatable bonds is 4. The maximum Gasteiger partial charge on any atom is 0.335 e. The number of hydrogen-bond acceptors (Lipinski definition) is 4. The van der Waals surface area contributed by atoms with Crippen molar-refractivity contribution in [3.8, 4) is 11.8 Å². The van der Waals surface area contributed by atoms with Crippen molar-refractivity contribution in [3.05, 3.63) is 71.1 Å². The van der Waals surface area contributed by atoms with Gasteiger partial charge in [0.25, 0.3) is 0 Å². The van der Waals surface area contributed by atoms with Crippen LogP contribution in [-0.2, 0) is 7.05 Å². The summed E-state index contributed by atoms with van der Waals surface area (Å²) in [7, 11) is 1.81. The molecule has 0 saturated heterocycles. The molecule has 8 heteroatoms. The van der Waals surface area contributed by atoms with Gasteiger partial charge in [0.1, 0.15) is 11.8 Å². The van der Waals surface area contributed by atoms with E-state index in [0.29, 0.717) is 10.7 Å². The highest BCUT2D eigenvalue weighted by atomic mass is 35.5. The second-order valence-electron chi connectivity index (χ2n) is 6.09. The number of carbonyl (C=O) groups is 1. The maximum absolute atomic E-state index is 11.3. The van der Waals surface area contributed by atoms with Crippen LogP contribution in [0, 0.1) is 11.3 Å². The molecule has 1 N–H and O–H groups in total. The minimum atomic E-state index is -0.993. The zero-order chi connectivity index (χ0) is 19.8. The van der Waals surface area contributed by atoms with E-state index in [2.05, 4.69) is 11.2 Å². The largest absolute Gasteiger partial charge is 0.478 e. The van der Waals surface area contributed by atoms with Gasteiger partial charge in [-0.3, -0.25) is 9.25 Å². The van der Waals surface area contributed by atoms with Gasteiger partial charge in [0.2, 0.25) is 0 Å². The molecule has 4 rings (SSSR count). The molecule has 0 saturated carbocycles. The average Bonchev–Trinajstić information content (AvgIpc) is 3.22. The molecular formula is C20H13ClN4O2S. The molecule has 2 heterocycles. The third kappa shape index (κ3) is 3.13. The fourth-order valence-electron chi connectivity index (χ4n) is 3.04. The molecule has 138 valence electrons. The lowest BCUT2D eigenvalue weighted by Gasteiger charge is -2.04. The Hall–Kier alpha value is -3.21. The molecule has 0 atom stereocenters. The predicted molar refractivity (Wildman–Crippen MR) is 107 cm³/mol. The molecule has 0 aliphatic carbocycles. The van der Waals surface area contributed by atoms with Gasteiger partial charge in [-0.15, -0.1) is 0 Å². The Morgan fingerprint density at radius 1 is 1.29 bits per heavy atom. The smallest absolute Gasteiger partial charge is 0.335 e. The Labute approximate surface area is 169 Å². The Morgan fingerprint density at radius 3 is 2.79 bits per heavy atom. The first-order valence-corrected chi connectivity index (χ1v) is 9.41. The van der Waals surface area contributed by atoms with Crippen molar-refractivity contribution < 1.29 is 9.90 Å². The zero-order valence-corrected chi connectivity index (χ0v) is 16.2. The number of aryl methyl sites for hydroxylation is 1. The van der Waals surface area contributed by atoms with Crippen LogP contribution >= 0.6 is 23.4 Å². The van der Waals surface area contributed by atoms with Crippen molar-refractivity contribution in [1.82, 2.24) is 14.3 Å². The van der Waals surface area contributed by atoms with E-state index in [9.17, 15) is 15.2 Å². The Bertz CT molecular complexity index is 1270. The van der Waals surface area contributed by atoms with E-state index in [0.717, 1.165) is 26.4 Å². The van der Waals surface area contributed by atoms with Gasteiger partial charge in [-0.25, -0.2) is 4.79 Å². The molecule has 2 aromatic heterocycles. The van der Waals surface area contributed by atoms with E-state index in [1.165, 1.54) is 17.8 Å². The number of fused-ring (bicyclic) bond motifs is 1. The van der Waals surface area contributed by atoms with Crippen molar-refractivity contribution in [1.29, 1.82) is 5.26 Å². The fraction of sp³-hybridized carbons (Fsp3) is 0.0500. The molecule has 2 aromatic carbocycles. The highest BCUT2D eigenvalue weighted by Gasteiger charge is 2.21. The monoisotopic (exact) mass is 408 g/mol. The lowest BCUT2D eigenvalue weighted by atomic mass is 10.2. The molecule has 0 aliphatic heterocycles. The normalized spacial score (nSPS) is 10.9. The second kappa shape index (κ2) is 7.08. The number of aromatic carboxylic acids is 1. The van der Waals surface area contributed by atoms with E-state index in [4.69, 9.17) is 11.6 Å². The number of halogens is 1. The van der Waals surface area contributed by atoms with Crippen molar-refractivity contribution >= 4 is 40.2 Å². The van der Waals surface area contributed by atoms with Crippen LogP contribution in [0.5, 0.6) is 0 Å². The molecule has 4 aromatic rings. The summed E-state index contributed by atoms with van der Waals surface area (Å²) in [4.78, 5) is 12.7. The topological polar surface area (TPSA) is 83.8 Å². The van der Waals surface area contributed by atoms with E-state index >= 15 is 0 Å². The van der Waals surface area contributed by atoms with E-state index in [-0.39, 0.29) is 5.56 Å². The van der Waals surface area contributed by atoms with E-state index in [1.807, 2.05) is 29.0 Å². The maximum atomic E-state index is 11.3. The summed E-state index contributed by atoms with van der Waals surface area (Å²) in [5.74, 6) is -0.993. The molecule has 6 nitrogen and oxygen atoms in total. The summed E-state index contributed by atoms with van der Waals surface area (Å²) < 4.78 is 3.48. The van der Waals surface area contributed by atoms with Gasteiger partial charge in [0.15, 0.2) is 0 Å². The SMILES string of the molecule is Cn1cc(-n2c(C#N)c(Sc3cccc(C(=O)O)c3)c3ccc(Cl)cc32)cn1. The number of carboxylic acid groups (broad SMARTS) is 1. The lowest BCUT2D eigenvalue weighted by molar-refractivity contribution is 0.0696.